The second kappa shape index (κ2) is 6.47. The van der Waals surface area contributed by atoms with Crippen LogP contribution in [0, 0.1) is 0 Å². The molecule has 3 amide bonds. The monoisotopic (exact) mass is 362 g/mol. The first kappa shape index (κ1) is 17.4. The molecule has 0 aromatic carbocycles. The SMILES string of the molecule is NCC1CCCCN1C(=O)[C@@H]1CCC2CN1C(=O)N2OS(=O)(=O)O. The first-order valence-corrected chi connectivity index (χ1v) is 9.45. The molecule has 3 heterocycles. The number of fused-ring (bicyclic) bond motifs is 2. The molecule has 3 saturated heterocycles. The van der Waals surface area contributed by atoms with Gasteiger partial charge in [-0.05, 0) is 32.1 Å². The summed E-state index contributed by atoms with van der Waals surface area (Å²) < 4.78 is 35.0. The average Bonchev–Trinajstić information content (AvgIpc) is 2.78. The van der Waals surface area contributed by atoms with Crippen molar-refractivity contribution in [2.45, 2.75) is 50.2 Å². The lowest BCUT2D eigenvalue weighted by atomic mass is 9.96. The Morgan fingerprint density at radius 2 is 2.04 bits per heavy atom. The summed E-state index contributed by atoms with van der Waals surface area (Å²) >= 11 is 0. The minimum atomic E-state index is -4.78. The molecule has 0 aliphatic carbocycles. The first-order valence-electron chi connectivity index (χ1n) is 8.09. The Bertz CT molecular complexity index is 626. The van der Waals surface area contributed by atoms with Crippen LogP contribution in [0.3, 0.4) is 0 Å². The number of hydroxylamine groups is 2. The van der Waals surface area contributed by atoms with Crippen molar-refractivity contribution in [3.8, 4) is 0 Å². The van der Waals surface area contributed by atoms with E-state index >= 15 is 0 Å². The highest BCUT2D eigenvalue weighted by molar-refractivity contribution is 7.80. The molecule has 3 atom stereocenters. The maximum Gasteiger partial charge on any atom is 0.418 e. The Morgan fingerprint density at radius 3 is 2.71 bits per heavy atom. The third-order valence-electron chi connectivity index (χ3n) is 4.96. The largest absolute Gasteiger partial charge is 0.418 e. The van der Waals surface area contributed by atoms with E-state index in [0.29, 0.717) is 31.0 Å². The molecule has 0 spiro atoms. The Labute approximate surface area is 140 Å². The number of nitrogens with zero attached hydrogens (tertiary/aromatic N) is 3. The van der Waals surface area contributed by atoms with Gasteiger partial charge in [0, 0.05) is 25.7 Å². The van der Waals surface area contributed by atoms with Gasteiger partial charge in [-0.3, -0.25) is 9.35 Å². The molecule has 3 fully saturated rings. The van der Waals surface area contributed by atoms with Crippen molar-refractivity contribution in [3.05, 3.63) is 0 Å². The van der Waals surface area contributed by atoms with Crippen LogP contribution < -0.4 is 5.73 Å². The van der Waals surface area contributed by atoms with Crippen LogP contribution in [0.1, 0.15) is 32.1 Å². The van der Waals surface area contributed by atoms with E-state index in [-0.39, 0.29) is 18.5 Å². The molecular weight excluding hydrogens is 340 g/mol. The number of piperidine rings is 2. The fourth-order valence-corrected chi connectivity index (χ4v) is 4.20. The zero-order valence-corrected chi connectivity index (χ0v) is 14.0. The smallest absolute Gasteiger partial charge is 0.337 e. The number of nitrogens with two attached hydrogens (primary N) is 1. The van der Waals surface area contributed by atoms with Gasteiger partial charge in [0.05, 0.1) is 6.04 Å². The van der Waals surface area contributed by atoms with Gasteiger partial charge in [0.2, 0.25) is 5.91 Å². The minimum Gasteiger partial charge on any atom is -0.337 e. The number of rotatable bonds is 4. The Morgan fingerprint density at radius 1 is 1.29 bits per heavy atom. The van der Waals surface area contributed by atoms with E-state index in [1.807, 2.05) is 0 Å². The second-order valence-electron chi connectivity index (χ2n) is 6.43. The Balaban J connectivity index is 1.75. The lowest BCUT2D eigenvalue weighted by molar-refractivity contribution is -0.140. The molecule has 24 heavy (non-hydrogen) atoms. The molecule has 3 rings (SSSR count). The average molecular weight is 362 g/mol. The molecule has 0 aromatic heterocycles. The fraction of sp³-hybridized carbons (Fsp3) is 0.846. The second-order valence-corrected chi connectivity index (χ2v) is 7.43. The molecule has 0 saturated carbocycles. The topological polar surface area (TPSA) is 133 Å². The van der Waals surface area contributed by atoms with Crippen molar-refractivity contribution in [1.82, 2.24) is 14.9 Å². The molecule has 3 aliphatic heterocycles. The summed E-state index contributed by atoms with van der Waals surface area (Å²) in [6.45, 7) is 1.20. The van der Waals surface area contributed by atoms with Gasteiger partial charge in [-0.2, -0.15) is 13.5 Å². The van der Waals surface area contributed by atoms with Crippen LogP contribution in [0.2, 0.25) is 0 Å². The molecule has 136 valence electrons. The first-order chi connectivity index (χ1) is 11.3. The van der Waals surface area contributed by atoms with Crippen LogP contribution in [0.15, 0.2) is 0 Å². The summed E-state index contributed by atoms with van der Waals surface area (Å²) in [6.07, 6.45) is 3.63. The third kappa shape index (κ3) is 3.21. The van der Waals surface area contributed by atoms with Crippen LogP contribution in [-0.4, -0.2) is 77.5 Å². The normalized spacial score (nSPS) is 30.8. The predicted octanol–water partition coefficient (Wildman–Crippen LogP) is -0.671. The lowest BCUT2D eigenvalue weighted by Gasteiger charge is -2.40. The van der Waals surface area contributed by atoms with Crippen LogP contribution in [0.25, 0.3) is 0 Å². The molecule has 2 unspecified atom stereocenters. The summed E-state index contributed by atoms with van der Waals surface area (Å²) in [5, 5.41) is 0.652. The number of amides is 3. The van der Waals surface area contributed by atoms with Crippen LogP contribution in [0.4, 0.5) is 4.79 Å². The maximum atomic E-state index is 12.9. The van der Waals surface area contributed by atoms with Gasteiger partial charge in [-0.1, -0.05) is 0 Å². The summed E-state index contributed by atoms with van der Waals surface area (Å²) in [4.78, 5) is 28.3. The highest BCUT2D eigenvalue weighted by atomic mass is 32.3. The molecule has 10 nitrogen and oxygen atoms in total. The number of carbonyl (C=O) groups excluding carboxylic acids is 2. The van der Waals surface area contributed by atoms with Gasteiger partial charge in [-0.15, -0.1) is 4.28 Å². The maximum absolute atomic E-state index is 12.9. The summed E-state index contributed by atoms with van der Waals surface area (Å²) in [7, 11) is -4.78. The zero-order chi connectivity index (χ0) is 17.5. The molecule has 0 aromatic rings. The van der Waals surface area contributed by atoms with E-state index in [2.05, 4.69) is 4.28 Å². The molecule has 3 N–H and O–H groups in total. The van der Waals surface area contributed by atoms with Crippen molar-refractivity contribution >= 4 is 22.3 Å². The van der Waals surface area contributed by atoms with Crippen LogP contribution in [0.5, 0.6) is 0 Å². The summed E-state index contributed by atoms with van der Waals surface area (Å²) in [5.74, 6) is -0.148. The molecule has 2 bridgehead atoms. The summed E-state index contributed by atoms with van der Waals surface area (Å²) in [6, 6.07) is -1.87. The van der Waals surface area contributed by atoms with Crippen molar-refractivity contribution in [2.75, 3.05) is 19.6 Å². The molecular formula is C13H22N4O6S. The Kier molecular flexibility index (Phi) is 4.69. The number of hydrogen-bond acceptors (Lipinski definition) is 6. The predicted molar refractivity (Wildman–Crippen MR) is 81.8 cm³/mol. The van der Waals surface area contributed by atoms with Crippen LogP contribution >= 0.6 is 0 Å². The highest BCUT2D eigenvalue weighted by Gasteiger charge is 2.50. The van der Waals surface area contributed by atoms with Gasteiger partial charge in [0.15, 0.2) is 0 Å². The van der Waals surface area contributed by atoms with Crippen molar-refractivity contribution in [2.24, 2.45) is 5.73 Å². The standard InChI is InChI=1S/C13H22N4O6S/c14-7-9-3-1-2-6-15(9)12(18)11-5-4-10-8-16(11)13(19)17(10)23-24(20,21)22/h9-11H,1-8,14H2,(H,20,21,22)/t9?,10?,11-/m0/s1. The van der Waals surface area contributed by atoms with Gasteiger partial charge >= 0.3 is 16.4 Å². The Hall–Kier alpha value is -1.43. The number of likely N-dealkylation sites (tertiary alicyclic amines) is 1. The molecule has 0 radical (unpaired) electrons. The van der Waals surface area contributed by atoms with E-state index in [9.17, 15) is 18.0 Å². The number of carbonyl (C=O) groups is 2. The van der Waals surface area contributed by atoms with Gasteiger partial charge in [0.1, 0.15) is 6.04 Å². The number of hydrogen-bond donors (Lipinski definition) is 2. The van der Waals surface area contributed by atoms with E-state index < -0.39 is 28.5 Å². The van der Waals surface area contributed by atoms with Gasteiger partial charge in [0.25, 0.3) is 0 Å². The number of urea groups is 1. The van der Waals surface area contributed by atoms with Crippen LogP contribution in [-0.2, 0) is 19.5 Å². The molecule has 11 heteroatoms. The highest BCUT2D eigenvalue weighted by Crippen LogP contribution is 2.32. The van der Waals surface area contributed by atoms with E-state index in [1.54, 1.807) is 4.90 Å². The van der Waals surface area contributed by atoms with E-state index in [0.717, 1.165) is 19.3 Å². The quantitative estimate of drug-likeness (QED) is 0.633. The lowest BCUT2D eigenvalue weighted by Crippen LogP contribution is -2.56. The van der Waals surface area contributed by atoms with E-state index in [4.69, 9.17) is 10.3 Å². The van der Waals surface area contributed by atoms with Gasteiger partial charge < -0.3 is 15.5 Å². The zero-order valence-electron chi connectivity index (χ0n) is 13.2. The van der Waals surface area contributed by atoms with Crippen molar-refractivity contribution in [3.63, 3.8) is 0 Å². The fourth-order valence-electron chi connectivity index (χ4n) is 3.82. The van der Waals surface area contributed by atoms with Crippen molar-refractivity contribution < 1.29 is 26.8 Å². The minimum absolute atomic E-state index is 0.0214. The third-order valence-corrected chi connectivity index (χ3v) is 5.31. The van der Waals surface area contributed by atoms with Crippen molar-refractivity contribution in [1.29, 1.82) is 0 Å². The summed E-state index contributed by atoms with van der Waals surface area (Å²) in [5.41, 5.74) is 5.76. The molecule has 3 aliphatic rings. The van der Waals surface area contributed by atoms with E-state index in [1.165, 1.54) is 4.90 Å². The van der Waals surface area contributed by atoms with Gasteiger partial charge in [-0.25, -0.2) is 4.79 Å².